The molecule has 0 radical (unpaired) electrons. The standard InChI is InChI=1S/C19H32NP.2ClH.Pd/c1-18(2,3)21(19(4,5)6)15-9-10-16-11-13-17(14-12-16)20(7)8;;;/h9,11-15H,10H2,1-8H3;2*1H;/q;;;+2/p-2. The van der Waals surface area contributed by atoms with E-state index in [4.69, 9.17) is 19.1 Å². The zero-order chi connectivity index (χ0) is 19.0. The summed E-state index contributed by atoms with van der Waals surface area (Å²) in [7, 11) is 13.6. The fraction of sp³-hybridized carbons (Fsp3) is 0.579. The zero-order valence-electron chi connectivity index (χ0n) is 16.1. The van der Waals surface area contributed by atoms with Crippen LogP contribution in [0.4, 0.5) is 5.69 Å². The first-order valence-corrected chi connectivity index (χ1v) is 13.4. The van der Waals surface area contributed by atoms with Crippen molar-refractivity contribution in [3.05, 3.63) is 41.7 Å². The maximum absolute atomic E-state index is 4.81. The molecule has 0 aliphatic carbocycles. The Morgan fingerprint density at radius 3 is 1.71 bits per heavy atom. The van der Waals surface area contributed by atoms with Crippen LogP contribution in [0.5, 0.6) is 0 Å². The van der Waals surface area contributed by atoms with Crippen LogP contribution in [0.25, 0.3) is 0 Å². The van der Waals surface area contributed by atoms with Gasteiger partial charge >= 0.3 is 35.0 Å². The van der Waals surface area contributed by atoms with Crippen molar-refractivity contribution in [1.82, 2.24) is 0 Å². The molecule has 0 atom stereocenters. The molecule has 0 amide bonds. The molecule has 0 bridgehead atoms. The van der Waals surface area contributed by atoms with Crippen LogP contribution < -0.4 is 4.90 Å². The third-order valence-corrected chi connectivity index (χ3v) is 6.91. The molecule has 0 saturated heterocycles. The zero-order valence-corrected chi connectivity index (χ0v) is 20.1. The molecule has 1 aromatic rings. The van der Waals surface area contributed by atoms with Gasteiger partial charge in [0.05, 0.1) is 0 Å². The van der Waals surface area contributed by atoms with E-state index in [-0.39, 0.29) is 23.9 Å². The van der Waals surface area contributed by atoms with Crippen LogP contribution in [0.1, 0.15) is 47.1 Å². The Kier molecular flexibility index (Phi) is 11.4. The van der Waals surface area contributed by atoms with Crippen LogP contribution in [-0.2, 0) is 22.4 Å². The molecule has 24 heavy (non-hydrogen) atoms. The monoisotopic (exact) mass is 481 g/mol. The number of rotatable bonds is 4. The summed E-state index contributed by atoms with van der Waals surface area (Å²) in [5.41, 5.74) is 2.64. The molecule has 1 rings (SSSR count). The molecule has 0 unspecified atom stereocenters. The Morgan fingerprint density at radius 2 is 1.38 bits per heavy atom. The predicted octanol–water partition coefficient (Wildman–Crippen LogP) is 7.26. The van der Waals surface area contributed by atoms with Crippen LogP contribution in [0.2, 0.25) is 0 Å². The van der Waals surface area contributed by atoms with Crippen LogP contribution >= 0.6 is 27.0 Å². The fourth-order valence-corrected chi connectivity index (χ4v) is 5.90. The number of halogens is 2. The maximum atomic E-state index is 4.81. The normalized spacial score (nSPS) is 12.5. The van der Waals surface area contributed by atoms with Gasteiger partial charge in [-0.2, -0.15) is 0 Å². The van der Waals surface area contributed by atoms with E-state index in [1.165, 1.54) is 11.3 Å². The van der Waals surface area contributed by atoms with Gasteiger partial charge in [-0.1, -0.05) is 73.5 Å². The molecule has 1 aromatic carbocycles. The van der Waals surface area contributed by atoms with Crippen LogP contribution in [0, 0.1) is 0 Å². The molecule has 0 spiro atoms. The van der Waals surface area contributed by atoms with Gasteiger partial charge in [-0.3, -0.25) is 0 Å². The van der Waals surface area contributed by atoms with Gasteiger partial charge in [-0.25, -0.2) is 0 Å². The fourth-order valence-electron chi connectivity index (χ4n) is 2.68. The number of hydrogen-bond donors (Lipinski definition) is 0. The van der Waals surface area contributed by atoms with E-state index < -0.39 is 0 Å². The van der Waals surface area contributed by atoms with Crippen molar-refractivity contribution in [2.75, 3.05) is 19.0 Å². The molecule has 0 aliphatic rings. The summed E-state index contributed by atoms with van der Waals surface area (Å²) in [5, 5.41) is 0.720. The van der Waals surface area contributed by atoms with Gasteiger partial charge in [-0.05, 0) is 34.4 Å². The SMILES string of the molecule is CN(C)c1ccc(CC=CP(C(C)(C)C)C(C)(C)C)cc1.[Cl][Pd][Cl]. The minimum atomic E-state index is -0.144. The Morgan fingerprint density at radius 1 is 0.958 bits per heavy atom. The summed E-state index contributed by atoms with van der Waals surface area (Å²) in [4.78, 5) is 2.14. The average Bonchev–Trinajstić information content (AvgIpc) is 2.42. The number of benzene rings is 1. The quantitative estimate of drug-likeness (QED) is 0.322. The van der Waals surface area contributed by atoms with E-state index in [2.05, 4.69) is 96.7 Å². The number of hydrogen-bond acceptors (Lipinski definition) is 1. The summed E-state index contributed by atoms with van der Waals surface area (Å²) >= 11 is -0.106. The van der Waals surface area contributed by atoms with Crippen molar-refractivity contribution >= 4 is 32.7 Å². The van der Waals surface area contributed by atoms with Gasteiger partial charge < -0.3 is 4.90 Å². The van der Waals surface area contributed by atoms with Gasteiger partial charge in [0.15, 0.2) is 0 Å². The first kappa shape index (κ1) is 24.4. The molecule has 0 aliphatic heterocycles. The molecule has 0 aromatic heterocycles. The molecule has 0 saturated carbocycles. The van der Waals surface area contributed by atoms with E-state index in [0.717, 1.165) is 6.42 Å². The molecule has 0 N–H and O–H groups in total. The van der Waals surface area contributed by atoms with E-state index in [0.29, 0.717) is 10.3 Å². The van der Waals surface area contributed by atoms with E-state index in [1.54, 1.807) is 0 Å². The second-order valence-electron chi connectivity index (χ2n) is 7.91. The number of anilines is 1. The minimum absolute atomic E-state index is 0.106. The van der Waals surface area contributed by atoms with Crippen molar-refractivity contribution in [3.63, 3.8) is 0 Å². The van der Waals surface area contributed by atoms with Crippen molar-refractivity contribution in [2.24, 2.45) is 0 Å². The molecule has 1 nitrogen and oxygen atoms in total. The molecular formula is C19H32Cl2NPPd. The first-order valence-electron chi connectivity index (χ1n) is 7.98. The van der Waals surface area contributed by atoms with Crippen LogP contribution in [0.3, 0.4) is 0 Å². The molecule has 5 heteroatoms. The first-order chi connectivity index (χ1) is 10.9. The van der Waals surface area contributed by atoms with E-state index >= 15 is 0 Å². The van der Waals surface area contributed by atoms with Gasteiger partial charge in [0.25, 0.3) is 0 Å². The molecule has 0 fully saturated rings. The Balaban J connectivity index is 0.00000163. The van der Waals surface area contributed by atoms with Crippen LogP contribution in [0.15, 0.2) is 36.2 Å². The summed E-state index contributed by atoms with van der Waals surface area (Å²) in [6.07, 6.45) is 3.39. The second kappa shape index (κ2) is 11.2. The number of nitrogens with zero attached hydrogens (tertiary/aromatic N) is 1. The Labute approximate surface area is 167 Å². The predicted molar refractivity (Wildman–Crippen MR) is 112 cm³/mol. The Hall–Kier alpha value is 0.432. The summed E-state index contributed by atoms with van der Waals surface area (Å²) in [6.45, 7) is 14.2. The Bertz CT molecular complexity index is 474. The second-order valence-corrected chi connectivity index (χ2v) is 14.0. The van der Waals surface area contributed by atoms with Gasteiger partial charge in [0.2, 0.25) is 0 Å². The summed E-state index contributed by atoms with van der Waals surface area (Å²) < 4.78 is 0. The number of allylic oxidation sites excluding steroid dienone is 1. The van der Waals surface area contributed by atoms with E-state index in [9.17, 15) is 0 Å². The average molecular weight is 483 g/mol. The van der Waals surface area contributed by atoms with E-state index in [1.807, 2.05) is 0 Å². The topological polar surface area (TPSA) is 3.24 Å². The molecule has 0 heterocycles. The molecule has 142 valence electrons. The molecular weight excluding hydrogens is 451 g/mol. The van der Waals surface area contributed by atoms with Crippen LogP contribution in [-0.4, -0.2) is 24.4 Å². The van der Waals surface area contributed by atoms with Gasteiger partial charge in [0, 0.05) is 19.8 Å². The van der Waals surface area contributed by atoms with Crippen molar-refractivity contribution in [2.45, 2.75) is 58.3 Å². The van der Waals surface area contributed by atoms with Crippen molar-refractivity contribution < 1.29 is 15.9 Å². The van der Waals surface area contributed by atoms with Crippen molar-refractivity contribution in [1.29, 1.82) is 0 Å². The summed E-state index contributed by atoms with van der Waals surface area (Å²) in [5.74, 6) is 2.48. The van der Waals surface area contributed by atoms with Gasteiger partial charge in [0.1, 0.15) is 0 Å². The third kappa shape index (κ3) is 9.80. The summed E-state index contributed by atoms with van der Waals surface area (Å²) in [6, 6.07) is 8.85. The van der Waals surface area contributed by atoms with Gasteiger partial charge in [-0.15, -0.1) is 0 Å². The van der Waals surface area contributed by atoms with Crippen molar-refractivity contribution in [3.8, 4) is 0 Å². The third-order valence-electron chi connectivity index (χ3n) is 3.51.